The number of benzene rings is 1. The highest BCUT2D eigenvalue weighted by Gasteiger charge is 2.35. The van der Waals surface area contributed by atoms with Crippen LogP contribution in [0, 0.1) is 3.57 Å². The SMILES string of the molecule is CCN(CC)C(C)(CC)C(Cc1ccc(I)cc1)NC. The highest BCUT2D eigenvalue weighted by Crippen LogP contribution is 2.26. The van der Waals surface area contributed by atoms with Gasteiger partial charge in [0.15, 0.2) is 0 Å². The van der Waals surface area contributed by atoms with E-state index in [1.807, 2.05) is 0 Å². The average Bonchev–Trinajstić information content (AvgIpc) is 2.47. The Morgan fingerprint density at radius 3 is 2.10 bits per heavy atom. The maximum absolute atomic E-state index is 3.56. The Morgan fingerprint density at radius 2 is 1.70 bits per heavy atom. The molecule has 0 aromatic heterocycles. The molecule has 0 amide bonds. The topological polar surface area (TPSA) is 15.3 Å². The Balaban J connectivity index is 2.94. The summed E-state index contributed by atoms with van der Waals surface area (Å²) in [5.74, 6) is 0. The van der Waals surface area contributed by atoms with E-state index in [-0.39, 0.29) is 5.54 Å². The molecule has 0 heterocycles. The van der Waals surface area contributed by atoms with Crippen LogP contribution >= 0.6 is 22.6 Å². The molecule has 1 N–H and O–H groups in total. The first-order chi connectivity index (χ1) is 9.51. The first-order valence-electron chi connectivity index (χ1n) is 7.68. The minimum absolute atomic E-state index is 0.196. The van der Waals surface area contributed by atoms with Crippen molar-refractivity contribution < 1.29 is 0 Å². The van der Waals surface area contributed by atoms with E-state index >= 15 is 0 Å². The molecular formula is C17H29IN2. The normalized spacial score (nSPS) is 16.1. The summed E-state index contributed by atoms with van der Waals surface area (Å²) >= 11 is 2.36. The molecule has 0 saturated carbocycles. The van der Waals surface area contributed by atoms with E-state index in [1.165, 1.54) is 9.13 Å². The Labute approximate surface area is 138 Å². The van der Waals surface area contributed by atoms with Gasteiger partial charge >= 0.3 is 0 Å². The van der Waals surface area contributed by atoms with Crippen molar-refractivity contribution in [2.45, 2.75) is 52.1 Å². The molecule has 0 aliphatic carbocycles. The Kier molecular flexibility index (Phi) is 7.48. The van der Waals surface area contributed by atoms with Crippen molar-refractivity contribution in [2.24, 2.45) is 0 Å². The summed E-state index contributed by atoms with van der Waals surface area (Å²) in [6, 6.07) is 9.37. The van der Waals surface area contributed by atoms with Crippen LogP contribution < -0.4 is 5.32 Å². The van der Waals surface area contributed by atoms with E-state index < -0.39 is 0 Å². The second kappa shape index (κ2) is 8.35. The fourth-order valence-corrected chi connectivity index (χ4v) is 3.49. The van der Waals surface area contributed by atoms with Gasteiger partial charge in [0.05, 0.1) is 0 Å². The molecule has 0 aliphatic heterocycles. The molecule has 0 spiro atoms. The van der Waals surface area contributed by atoms with Gasteiger partial charge in [-0.05, 0) is 80.2 Å². The lowest BCUT2D eigenvalue weighted by molar-refractivity contribution is 0.0730. The quantitative estimate of drug-likeness (QED) is 0.679. The predicted molar refractivity (Wildman–Crippen MR) is 97.3 cm³/mol. The minimum atomic E-state index is 0.196. The zero-order chi connectivity index (χ0) is 15.2. The third kappa shape index (κ3) is 4.18. The smallest absolute Gasteiger partial charge is 0.0334 e. The van der Waals surface area contributed by atoms with Crippen LogP contribution in [-0.4, -0.2) is 36.6 Å². The summed E-state index contributed by atoms with van der Waals surface area (Å²) in [5, 5.41) is 3.56. The zero-order valence-corrected chi connectivity index (χ0v) is 15.7. The van der Waals surface area contributed by atoms with Gasteiger partial charge in [-0.3, -0.25) is 4.90 Å². The fraction of sp³-hybridized carbons (Fsp3) is 0.647. The molecule has 2 nitrogen and oxygen atoms in total. The number of rotatable bonds is 8. The summed E-state index contributed by atoms with van der Waals surface area (Å²) in [6.07, 6.45) is 2.23. The molecule has 2 atom stereocenters. The van der Waals surface area contributed by atoms with Crippen molar-refractivity contribution in [2.75, 3.05) is 20.1 Å². The van der Waals surface area contributed by atoms with Crippen molar-refractivity contribution in [3.05, 3.63) is 33.4 Å². The summed E-state index contributed by atoms with van der Waals surface area (Å²) in [4.78, 5) is 2.58. The minimum Gasteiger partial charge on any atom is -0.315 e. The monoisotopic (exact) mass is 388 g/mol. The molecule has 0 bridgehead atoms. The molecule has 0 saturated heterocycles. The fourth-order valence-electron chi connectivity index (χ4n) is 3.13. The molecule has 0 fully saturated rings. The maximum atomic E-state index is 3.56. The van der Waals surface area contributed by atoms with Gasteiger partial charge in [-0.25, -0.2) is 0 Å². The Morgan fingerprint density at radius 1 is 1.15 bits per heavy atom. The number of hydrogen-bond acceptors (Lipinski definition) is 2. The van der Waals surface area contributed by atoms with E-state index in [4.69, 9.17) is 0 Å². The number of halogens is 1. The predicted octanol–water partition coefficient (Wildman–Crippen LogP) is 3.93. The van der Waals surface area contributed by atoms with Gasteiger partial charge in [0.1, 0.15) is 0 Å². The van der Waals surface area contributed by atoms with Crippen LogP contribution in [0.25, 0.3) is 0 Å². The van der Waals surface area contributed by atoms with Gasteiger partial charge in [0.2, 0.25) is 0 Å². The lowest BCUT2D eigenvalue weighted by atomic mass is 9.83. The van der Waals surface area contributed by atoms with Crippen LogP contribution in [0.4, 0.5) is 0 Å². The third-order valence-corrected chi connectivity index (χ3v) is 5.37. The molecule has 3 heteroatoms. The third-order valence-electron chi connectivity index (χ3n) is 4.65. The number of nitrogens with zero attached hydrogens (tertiary/aromatic N) is 1. The van der Waals surface area contributed by atoms with Gasteiger partial charge in [-0.2, -0.15) is 0 Å². The van der Waals surface area contributed by atoms with E-state index in [1.54, 1.807) is 0 Å². The molecule has 20 heavy (non-hydrogen) atoms. The summed E-state index contributed by atoms with van der Waals surface area (Å²) < 4.78 is 1.30. The summed E-state index contributed by atoms with van der Waals surface area (Å²) in [5.41, 5.74) is 1.61. The van der Waals surface area contributed by atoms with Crippen molar-refractivity contribution in [1.29, 1.82) is 0 Å². The van der Waals surface area contributed by atoms with Gasteiger partial charge < -0.3 is 5.32 Å². The second-order valence-electron chi connectivity index (χ2n) is 5.55. The van der Waals surface area contributed by atoms with Crippen LogP contribution in [0.3, 0.4) is 0 Å². The van der Waals surface area contributed by atoms with E-state index in [0.717, 1.165) is 25.9 Å². The van der Waals surface area contributed by atoms with Crippen molar-refractivity contribution in [3.8, 4) is 0 Å². The highest BCUT2D eigenvalue weighted by molar-refractivity contribution is 14.1. The summed E-state index contributed by atoms with van der Waals surface area (Å²) in [7, 11) is 2.09. The van der Waals surface area contributed by atoms with Crippen LogP contribution in [0.15, 0.2) is 24.3 Å². The number of nitrogens with one attached hydrogen (secondary N) is 1. The molecule has 2 unspecified atom stereocenters. The molecular weight excluding hydrogens is 359 g/mol. The molecule has 0 aliphatic rings. The van der Waals surface area contributed by atoms with Crippen LogP contribution in [0.2, 0.25) is 0 Å². The molecule has 1 rings (SSSR count). The Bertz CT molecular complexity index is 386. The standard InChI is InChI=1S/C17H29IN2/c1-6-17(4,20(7-2)8-3)16(19-5)13-14-9-11-15(18)12-10-14/h9-12,16,19H,6-8,13H2,1-5H3. The number of likely N-dealkylation sites (N-methyl/N-ethyl adjacent to an activating group) is 2. The first-order valence-corrected chi connectivity index (χ1v) is 8.76. The Hall–Kier alpha value is -0.130. The van der Waals surface area contributed by atoms with Crippen molar-refractivity contribution in [1.82, 2.24) is 10.2 Å². The van der Waals surface area contributed by atoms with E-state index in [2.05, 4.69) is 91.8 Å². The highest BCUT2D eigenvalue weighted by atomic mass is 127. The van der Waals surface area contributed by atoms with Crippen molar-refractivity contribution in [3.63, 3.8) is 0 Å². The molecule has 0 radical (unpaired) electrons. The van der Waals surface area contributed by atoms with Crippen LogP contribution in [0.1, 0.15) is 39.7 Å². The second-order valence-corrected chi connectivity index (χ2v) is 6.80. The number of hydrogen-bond donors (Lipinski definition) is 1. The molecule has 114 valence electrons. The lowest BCUT2D eigenvalue weighted by Gasteiger charge is -2.46. The van der Waals surface area contributed by atoms with E-state index in [9.17, 15) is 0 Å². The summed E-state index contributed by atoms with van der Waals surface area (Å²) in [6.45, 7) is 11.4. The molecule has 1 aromatic carbocycles. The van der Waals surface area contributed by atoms with Gasteiger partial charge in [0, 0.05) is 15.2 Å². The molecule has 1 aromatic rings. The maximum Gasteiger partial charge on any atom is 0.0334 e. The van der Waals surface area contributed by atoms with Gasteiger partial charge in [0.25, 0.3) is 0 Å². The average molecular weight is 388 g/mol. The van der Waals surface area contributed by atoms with Crippen LogP contribution in [0.5, 0.6) is 0 Å². The first kappa shape index (κ1) is 17.9. The van der Waals surface area contributed by atoms with E-state index in [0.29, 0.717) is 6.04 Å². The largest absolute Gasteiger partial charge is 0.315 e. The van der Waals surface area contributed by atoms with Crippen LogP contribution in [-0.2, 0) is 6.42 Å². The van der Waals surface area contributed by atoms with Gasteiger partial charge in [-0.1, -0.05) is 32.9 Å². The lowest BCUT2D eigenvalue weighted by Crippen LogP contribution is -2.59. The zero-order valence-electron chi connectivity index (χ0n) is 13.5. The van der Waals surface area contributed by atoms with Gasteiger partial charge in [-0.15, -0.1) is 0 Å². The van der Waals surface area contributed by atoms with Crippen molar-refractivity contribution >= 4 is 22.6 Å².